The summed E-state index contributed by atoms with van der Waals surface area (Å²) in [7, 11) is 0. The number of nitriles is 1. The maximum absolute atomic E-state index is 9.64. The van der Waals surface area contributed by atoms with Crippen molar-refractivity contribution in [3.8, 4) is 16.6 Å². The molecule has 0 atom stereocenters. The first kappa shape index (κ1) is 15.7. The monoisotopic (exact) mass is 347 g/mol. The van der Waals surface area contributed by atoms with Crippen molar-refractivity contribution in [3.63, 3.8) is 0 Å². The maximum Gasteiger partial charge on any atom is 0.174 e. The van der Waals surface area contributed by atoms with E-state index in [1.165, 1.54) is 6.42 Å². The molecule has 25 heavy (non-hydrogen) atoms. The van der Waals surface area contributed by atoms with Gasteiger partial charge in [0.15, 0.2) is 5.82 Å². The second kappa shape index (κ2) is 6.99. The lowest BCUT2D eigenvalue weighted by atomic mass is 10.2. The first-order chi connectivity index (χ1) is 12.3. The van der Waals surface area contributed by atoms with Crippen molar-refractivity contribution in [1.29, 1.82) is 5.26 Å². The second-order valence-corrected chi connectivity index (χ2v) is 7.07. The van der Waals surface area contributed by atoms with E-state index in [0.717, 1.165) is 47.1 Å². The highest BCUT2D eigenvalue weighted by Crippen LogP contribution is 2.28. The van der Waals surface area contributed by atoms with Crippen molar-refractivity contribution < 1.29 is 0 Å². The lowest BCUT2D eigenvalue weighted by Crippen LogP contribution is -2.05. The molecule has 0 bridgehead atoms. The van der Waals surface area contributed by atoms with Crippen molar-refractivity contribution in [3.05, 3.63) is 53.1 Å². The zero-order valence-corrected chi connectivity index (χ0v) is 14.5. The highest BCUT2D eigenvalue weighted by molar-refractivity contribution is 7.15. The van der Waals surface area contributed by atoms with Gasteiger partial charge in [0.05, 0.1) is 5.57 Å². The Hall–Kier alpha value is -2.78. The minimum Gasteiger partial charge on any atom is -0.310 e. The zero-order chi connectivity index (χ0) is 17.1. The zero-order valence-electron chi connectivity index (χ0n) is 13.7. The van der Waals surface area contributed by atoms with Gasteiger partial charge in [0, 0.05) is 29.6 Å². The van der Waals surface area contributed by atoms with Crippen LogP contribution in [0.15, 0.2) is 36.5 Å². The number of nitrogens with zero attached hydrogens (tertiary/aromatic N) is 5. The van der Waals surface area contributed by atoms with Crippen LogP contribution in [0.5, 0.6) is 0 Å². The van der Waals surface area contributed by atoms with E-state index in [4.69, 9.17) is 0 Å². The molecule has 2 aromatic heterocycles. The molecule has 3 aromatic rings. The molecule has 0 saturated carbocycles. The van der Waals surface area contributed by atoms with Gasteiger partial charge in [-0.3, -0.25) is 0 Å². The van der Waals surface area contributed by atoms with E-state index in [0.29, 0.717) is 11.4 Å². The molecular weight excluding hydrogens is 330 g/mol. The Kier molecular flexibility index (Phi) is 4.40. The Morgan fingerprint density at radius 1 is 1.16 bits per heavy atom. The third kappa shape index (κ3) is 3.24. The molecule has 0 amide bonds. The van der Waals surface area contributed by atoms with E-state index >= 15 is 0 Å². The van der Waals surface area contributed by atoms with E-state index in [-0.39, 0.29) is 0 Å². The summed E-state index contributed by atoms with van der Waals surface area (Å²) in [6, 6.07) is 12.4. The molecule has 5 nitrogen and oxygen atoms in total. The van der Waals surface area contributed by atoms with Gasteiger partial charge in [0.1, 0.15) is 16.9 Å². The van der Waals surface area contributed by atoms with Gasteiger partial charge in [0.25, 0.3) is 0 Å². The predicted octanol–water partition coefficient (Wildman–Crippen LogP) is 4.19. The number of thiazole rings is 1. The van der Waals surface area contributed by atoms with Gasteiger partial charge in [-0.25, -0.2) is 4.98 Å². The molecular formula is C19H17N5S. The Morgan fingerprint density at radius 2 is 2.04 bits per heavy atom. The molecule has 1 aliphatic rings. The minimum absolute atomic E-state index is 0.545. The van der Waals surface area contributed by atoms with Crippen LogP contribution in [-0.4, -0.2) is 19.7 Å². The summed E-state index contributed by atoms with van der Waals surface area (Å²) in [6.45, 7) is 0.884. The predicted molar refractivity (Wildman–Crippen MR) is 98.6 cm³/mol. The Labute approximate surface area is 150 Å². The van der Waals surface area contributed by atoms with Gasteiger partial charge in [-0.05, 0) is 18.9 Å². The smallest absolute Gasteiger partial charge is 0.174 e. The molecule has 4 rings (SSSR count). The van der Waals surface area contributed by atoms with Gasteiger partial charge in [0.2, 0.25) is 0 Å². The van der Waals surface area contributed by atoms with Crippen LogP contribution in [0.3, 0.4) is 0 Å². The van der Waals surface area contributed by atoms with Crippen molar-refractivity contribution in [2.45, 2.75) is 32.2 Å². The summed E-state index contributed by atoms with van der Waals surface area (Å²) in [6.07, 6.45) is 8.05. The second-order valence-electron chi connectivity index (χ2n) is 6.01. The van der Waals surface area contributed by atoms with Gasteiger partial charge in [-0.1, -0.05) is 36.8 Å². The summed E-state index contributed by atoms with van der Waals surface area (Å²) in [4.78, 5) is 5.43. The Balaban J connectivity index is 1.67. The van der Waals surface area contributed by atoms with Crippen LogP contribution >= 0.6 is 11.3 Å². The van der Waals surface area contributed by atoms with Crippen LogP contribution < -0.4 is 0 Å². The summed E-state index contributed by atoms with van der Waals surface area (Å²) < 4.78 is 2.10. The molecule has 0 spiro atoms. The van der Waals surface area contributed by atoms with Gasteiger partial charge in [-0.2, -0.15) is 5.26 Å². The molecule has 0 radical (unpaired) electrons. The quantitative estimate of drug-likeness (QED) is 0.666. The van der Waals surface area contributed by atoms with Crippen LogP contribution in [0.1, 0.15) is 35.8 Å². The fourth-order valence-electron chi connectivity index (χ4n) is 3.04. The molecule has 3 heterocycles. The lowest BCUT2D eigenvalue weighted by Gasteiger charge is -2.05. The Morgan fingerprint density at radius 3 is 2.88 bits per heavy atom. The molecule has 0 saturated heterocycles. The molecule has 6 heteroatoms. The first-order valence-corrected chi connectivity index (χ1v) is 9.22. The molecule has 1 aliphatic heterocycles. The van der Waals surface area contributed by atoms with Crippen LogP contribution in [0.2, 0.25) is 0 Å². The maximum atomic E-state index is 9.64. The fraction of sp³-hybridized carbons (Fsp3) is 0.263. The molecule has 0 unspecified atom stereocenters. The average molecular weight is 347 g/mol. The number of hydrogen-bond donors (Lipinski definition) is 0. The SMILES string of the molecule is N#C/C(=C/c1cnc(-c2ccccc2)s1)c1nnc2n1CCCCC2. The number of allylic oxidation sites excluding steroid dienone is 1. The van der Waals surface area contributed by atoms with Crippen molar-refractivity contribution >= 4 is 23.0 Å². The van der Waals surface area contributed by atoms with Gasteiger partial charge < -0.3 is 4.57 Å². The number of aryl methyl sites for hydroxylation is 1. The third-order valence-corrected chi connectivity index (χ3v) is 5.30. The van der Waals surface area contributed by atoms with Gasteiger partial charge in [-0.15, -0.1) is 21.5 Å². The average Bonchev–Trinajstić information content (AvgIpc) is 3.21. The number of fused-ring (bicyclic) bond motifs is 1. The van der Waals surface area contributed by atoms with Crippen molar-refractivity contribution in [2.75, 3.05) is 0 Å². The topological polar surface area (TPSA) is 67.4 Å². The number of rotatable bonds is 3. The molecule has 124 valence electrons. The summed E-state index contributed by atoms with van der Waals surface area (Å²) in [5, 5.41) is 19.2. The van der Waals surface area contributed by atoms with Crippen LogP contribution in [0.4, 0.5) is 0 Å². The largest absolute Gasteiger partial charge is 0.310 e. The van der Waals surface area contributed by atoms with E-state index < -0.39 is 0 Å². The lowest BCUT2D eigenvalue weighted by molar-refractivity contribution is 0.627. The van der Waals surface area contributed by atoms with Crippen LogP contribution in [0, 0.1) is 11.3 Å². The number of aromatic nitrogens is 4. The standard InChI is InChI=1S/C19H17N5S/c20-12-15(18-23-22-17-9-5-2-6-10-24(17)18)11-16-13-21-19(25-16)14-7-3-1-4-8-14/h1,3-4,7-8,11,13H,2,5-6,9-10H2/b15-11-. The van der Waals surface area contributed by atoms with Crippen LogP contribution in [0.25, 0.3) is 22.2 Å². The summed E-state index contributed by atoms with van der Waals surface area (Å²) in [5.41, 5.74) is 1.63. The third-order valence-electron chi connectivity index (χ3n) is 4.30. The van der Waals surface area contributed by atoms with Gasteiger partial charge >= 0.3 is 0 Å². The Bertz CT molecular complexity index is 946. The minimum atomic E-state index is 0.545. The fourth-order valence-corrected chi connectivity index (χ4v) is 3.91. The van der Waals surface area contributed by atoms with Crippen LogP contribution in [-0.2, 0) is 13.0 Å². The number of hydrogen-bond acceptors (Lipinski definition) is 5. The number of benzene rings is 1. The van der Waals surface area contributed by atoms with E-state index in [2.05, 4.69) is 25.8 Å². The first-order valence-electron chi connectivity index (χ1n) is 8.40. The normalized spacial score (nSPS) is 14.6. The molecule has 1 aromatic carbocycles. The summed E-state index contributed by atoms with van der Waals surface area (Å²) in [5.74, 6) is 1.66. The van der Waals surface area contributed by atoms with Crippen molar-refractivity contribution in [1.82, 2.24) is 19.7 Å². The highest BCUT2D eigenvalue weighted by Gasteiger charge is 2.18. The molecule has 0 N–H and O–H groups in total. The van der Waals surface area contributed by atoms with E-state index in [1.807, 2.05) is 42.6 Å². The molecule has 0 fully saturated rings. The summed E-state index contributed by atoms with van der Waals surface area (Å²) >= 11 is 1.57. The molecule has 0 aliphatic carbocycles. The highest BCUT2D eigenvalue weighted by atomic mass is 32.1. The van der Waals surface area contributed by atoms with E-state index in [9.17, 15) is 5.26 Å². The van der Waals surface area contributed by atoms with E-state index in [1.54, 1.807) is 11.3 Å². The van der Waals surface area contributed by atoms with Crippen molar-refractivity contribution in [2.24, 2.45) is 0 Å².